The predicted molar refractivity (Wildman–Crippen MR) is 69.4 cm³/mol. The van der Waals surface area contributed by atoms with Crippen LogP contribution in [0, 0.1) is 17.0 Å². The minimum Gasteiger partial charge on any atom is -0.392 e. The van der Waals surface area contributed by atoms with Crippen molar-refractivity contribution < 1.29 is 22.3 Å². The summed E-state index contributed by atoms with van der Waals surface area (Å²) >= 11 is 0. The largest absolute Gasteiger partial charge is 0.392 e. The van der Waals surface area contributed by atoms with Crippen LogP contribution < -0.4 is 4.72 Å². The second-order valence-corrected chi connectivity index (χ2v) is 7.27. The summed E-state index contributed by atoms with van der Waals surface area (Å²) in [6, 6.07) is 1.73. The number of sulfonamides is 1. The molecule has 0 heterocycles. The molecular formula is C13H17F2NO3S. The lowest BCUT2D eigenvalue weighted by atomic mass is 9.71. The van der Waals surface area contributed by atoms with Crippen LogP contribution in [0.4, 0.5) is 8.78 Å². The van der Waals surface area contributed by atoms with Gasteiger partial charge in [-0.1, -0.05) is 13.3 Å². The van der Waals surface area contributed by atoms with Gasteiger partial charge in [-0.25, -0.2) is 21.9 Å². The maximum atomic E-state index is 13.7. The Kier molecular flexibility index (Phi) is 4.13. The Bertz CT molecular complexity index is 612. The van der Waals surface area contributed by atoms with Gasteiger partial charge in [-0.15, -0.1) is 0 Å². The molecule has 2 N–H and O–H groups in total. The van der Waals surface area contributed by atoms with Crippen molar-refractivity contribution >= 4 is 10.0 Å². The Balaban J connectivity index is 2.26. The Morgan fingerprint density at radius 1 is 1.35 bits per heavy atom. The number of aliphatic hydroxyl groups excluding tert-OH is 1. The highest BCUT2D eigenvalue weighted by Gasteiger charge is 2.33. The minimum atomic E-state index is -4.13. The topological polar surface area (TPSA) is 66.4 Å². The standard InChI is InChI=1S/C13H17F2NO3S/c1-13(3-2-4-13)8-16-20(18,19)11-6-9(7-17)5-10(14)12(11)15/h5-6,16-17H,2-4,7-8H2,1H3. The Morgan fingerprint density at radius 3 is 2.50 bits per heavy atom. The summed E-state index contributed by atoms with van der Waals surface area (Å²) in [6.07, 6.45) is 2.85. The molecule has 0 aliphatic heterocycles. The number of rotatable bonds is 5. The molecule has 0 amide bonds. The fraction of sp³-hybridized carbons (Fsp3) is 0.538. The first kappa shape index (κ1) is 15.3. The van der Waals surface area contributed by atoms with E-state index < -0.39 is 33.2 Å². The highest BCUT2D eigenvalue weighted by molar-refractivity contribution is 7.89. The Hall–Kier alpha value is -1.05. The SMILES string of the molecule is CC1(CNS(=O)(=O)c2cc(CO)cc(F)c2F)CCC1. The Labute approximate surface area is 116 Å². The highest BCUT2D eigenvalue weighted by Crippen LogP contribution is 2.39. The molecule has 4 nitrogen and oxygen atoms in total. The maximum Gasteiger partial charge on any atom is 0.243 e. The normalized spacial score (nSPS) is 17.8. The summed E-state index contributed by atoms with van der Waals surface area (Å²) in [4.78, 5) is -0.760. The van der Waals surface area contributed by atoms with Gasteiger partial charge >= 0.3 is 0 Å². The number of hydrogen-bond donors (Lipinski definition) is 2. The van der Waals surface area contributed by atoms with Crippen molar-refractivity contribution in [1.29, 1.82) is 0 Å². The van der Waals surface area contributed by atoms with Gasteiger partial charge in [0.25, 0.3) is 0 Å². The molecule has 0 saturated heterocycles. The zero-order chi connectivity index (χ0) is 15.0. The zero-order valence-corrected chi connectivity index (χ0v) is 11.9. The number of halogens is 2. The van der Waals surface area contributed by atoms with E-state index in [-0.39, 0.29) is 17.5 Å². The molecule has 1 aliphatic carbocycles. The second kappa shape index (κ2) is 5.38. The summed E-state index contributed by atoms with van der Waals surface area (Å²) in [6.45, 7) is 1.58. The molecule has 0 bridgehead atoms. The smallest absolute Gasteiger partial charge is 0.243 e. The van der Waals surface area contributed by atoms with Gasteiger partial charge in [0.1, 0.15) is 4.90 Å². The van der Waals surface area contributed by atoms with E-state index >= 15 is 0 Å². The van der Waals surface area contributed by atoms with Gasteiger partial charge in [0, 0.05) is 6.54 Å². The first-order chi connectivity index (χ1) is 9.27. The first-order valence-electron chi connectivity index (χ1n) is 6.36. The number of hydrogen-bond acceptors (Lipinski definition) is 3. The van der Waals surface area contributed by atoms with Crippen LogP contribution in [0.1, 0.15) is 31.7 Å². The molecule has 112 valence electrons. The van der Waals surface area contributed by atoms with Crippen LogP contribution in [0.25, 0.3) is 0 Å². The van der Waals surface area contributed by atoms with E-state index in [1.54, 1.807) is 0 Å². The third-order valence-corrected chi connectivity index (χ3v) is 5.18. The number of aliphatic hydroxyl groups is 1. The average molecular weight is 305 g/mol. The molecule has 20 heavy (non-hydrogen) atoms. The summed E-state index contributed by atoms with van der Waals surface area (Å²) < 4.78 is 53.4. The fourth-order valence-corrected chi connectivity index (χ4v) is 3.54. The molecule has 0 aromatic heterocycles. The van der Waals surface area contributed by atoms with Crippen LogP contribution in [0.3, 0.4) is 0 Å². The van der Waals surface area contributed by atoms with Gasteiger partial charge < -0.3 is 5.11 Å². The third-order valence-electron chi connectivity index (χ3n) is 3.78. The van der Waals surface area contributed by atoms with Crippen molar-refractivity contribution in [3.63, 3.8) is 0 Å². The van der Waals surface area contributed by atoms with Gasteiger partial charge in [-0.2, -0.15) is 0 Å². The van der Waals surface area contributed by atoms with E-state index in [2.05, 4.69) is 4.72 Å². The molecular weight excluding hydrogens is 288 g/mol. The Morgan fingerprint density at radius 2 is 2.00 bits per heavy atom. The third kappa shape index (κ3) is 2.99. The quantitative estimate of drug-likeness (QED) is 0.873. The van der Waals surface area contributed by atoms with Crippen molar-refractivity contribution in [2.75, 3.05) is 6.54 Å². The lowest BCUT2D eigenvalue weighted by Crippen LogP contribution is -2.40. The van der Waals surface area contributed by atoms with E-state index in [1.807, 2.05) is 6.92 Å². The predicted octanol–water partition coefficient (Wildman–Crippen LogP) is 1.93. The van der Waals surface area contributed by atoms with Crippen molar-refractivity contribution in [2.45, 2.75) is 37.7 Å². The van der Waals surface area contributed by atoms with Crippen molar-refractivity contribution in [1.82, 2.24) is 4.72 Å². The summed E-state index contributed by atoms with van der Waals surface area (Å²) in [5, 5.41) is 8.95. The molecule has 0 spiro atoms. The average Bonchev–Trinajstić information content (AvgIpc) is 2.37. The van der Waals surface area contributed by atoms with Crippen molar-refractivity contribution in [2.24, 2.45) is 5.41 Å². The van der Waals surface area contributed by atoms with Crippen molar-refractivity contribution in [3.05, 3.63) is 29.3 Å². The van der Waals surface area contributed by atoms with Crippen LogP contribution >= 0.6 is 0 Å². The van der Waals surface area contributed by atoms with Gasteiger partial charge in [0.15, 0.2) is 11.6 Å². The van der Waals surface area contributed by atoms with Gasteiger partial charge in [0.05, 0.1) is 6.61 Å². The van der Waals surface area contributed by atoms with E-state index in [9.17, 15) is 17.2 Å². The molecule has 0 atom stereocenters. The number of nitrogens with one attached hydrogen (secondary N) is 1. The lowest BCUT2D eigenvalue weighted by Gasteiger charge is -2.38. The van der Waals surface area contributed by atoms with Gasteiger partial charge in [-0.05, 0) is 36.0 Å². The monoisotopic (exact) mass is 305 g/mol. The van der Waals surface area contributed by atoms with Crippen LogP contribution in [0.15, 0.2) is 17.0 Å². The molecule has 1 aromatic rings. The van der Waals surface area contributed by atoms with Gasteiger partial charge in [0.2, 0.25) is 10.0 Å². The van der Waals surface area contributed by atoms with E-state index in [4.69, 9.17) is 5.11 Å². The lowest BCUT2D eigenvalue weighted by molar-refractivity contribution is 0.166. The summed E-state index contributed by atoms with van der Waals surface area (Å²) in [5.74, 6) is -2.71. The van der Waals surface area contributed by atoms with E-state index in [0.717, 1.165) is 31.4 Å². The highest BCUT2D eigenvalue weighted by atomic mass is 32.2. The second-order valence-electron chi connectivity index (χ2n) is 5.54. The van der Waals surface area contributed by atoms with E-state index in [1.165, 1.54) is 0 Å². The first-order valence-corrected chi connectivity index (χ1v) is 7.84. The molecule has 7 heteroatoms. The van der Waals surface area contributed by atoms with Crippen molar-refractivity contribution in [3.8, 4) is 0 Å². The van der Waals surface area contributed by atoms with Crippen LogP contribution in [0.5, 0.6) is 0 Å². The zero-order valence-electron chi connectivity index (χ0n) is 11.1. The molecule has 1 aliphatic rings. The minimum absolute atomic E-state index is 0.0131. The van der Waals surface area contributed by atoms with Gasteiger partial charge in [-0.3, -0.25) is 0 Å². The van der Waals surface area contributed by atoms with Crippen LogP contribution in [-0.4, -0.2) is 20.1 Å². The molecule has 1 aromatic carbocycles. The number of benzene rings is 1. The summed E-state index contributed by atoms with van der Waals surface area (Å²) in [5.41, 5.74) is -0.101. The molecule has 1 fully saturated rings. The molecule has 2 rings (SSSR count). The van der Waals surface area contributed by atoms with Crippen LogP contribution in [0.2, 0.25) is 0 Å². The summed E-state index contributed by atoms with van der Waals surface area (Å²) in [7, 11) is -4.13. The van der Waals surface area contributed by atoms with E-state index in [0.29, 0.717) is 0 Å². The van der Waals surface area contributed by atoms with Crippen LogP contribution in [-0.2, 0) is 16.6 Å². The molecule has 0 radical (unpaired) electrons. The molecule has 1 saturated carbocycles. The fourth-order valence-electron chi connectivity index (χ4n) is 2.21. The maximum absolute atomic E-state index is 13.7. The molecule has 0 unspecified atom stereocenters.